The van der Waals surface area contributed by atoms with Gasteiger partial charge in [-0.25, -0.2) is 0 Å². The molecule has 0 bridgehead atoms. The van der Waals surface area contributed by atoms with Crippen molar-refractivity contribution in [2.75, 3.05) is 23.3 Å². The zero-order valence-corrected chi connectivity index (χ0v) is 21.2. The molecular weight excluding hydrogens is 458 g/mol. The lowest BCUT2D eigenvalue weighted by molar-refractivity contribution is -0.125. The van der Waals surface area contributed by atoms with Crippen molar-refractivity contribution in [3.8, 4) is 0 Å². The van der Waals surface area contributed by atoms with Gasteiger partial charge in [0.2, 0.25) is 11.8 Å². The molecule has 3 amide bonds. The van der Waals surface area contributed by atoms with Crippen molar-refractivity contribution in [3.05, 3.63) is 82.0 Å². The summed E-state index contributed by atoms with van der Waals surface area (Å²) in [6.07, 6.45) is 0.766. The molecular formula is C28H31N3O3S. The fourth-order valence-electron chi connectivity index (χ4n) is 4.62. The summed E-state index contributed by atoms with van der Waals surface area (Å²) in [5, 5.41) is 5.00. The van der Waals surface area contributed by atoms with Crippen LogP contribution in [0.3, 0.4) is 0 Å². The van der Waals surface area contributed by atoms with Crippen molar-refractivity contribution in [3.63, 3.8) is 0 Å². The third kappa shape index (κ3) is 5.30. The molecule has 2 heterocycles. The third-order valence-corrected chi connectivity index (χ3v) is 7.45. The van der Waals surface area contributed by atoms with E-state index >= 15 is 0 Å². The van der Waals surface area contributed by atoms with Crippen molar-refractivity contribution >= 4 is 40.4 Å². The lowest BCUT2D eigenvalue weighted by Crippen LogP contribution is -2.46. The molecule has 2 aromatic carbocycles. The Bertz CT molecular complexity index is 1190. The summed E-state index contributed by atoms with van der Waals surface area (Å²) < 4.78 is 0. The van der Waals surface area contributed by atoms with Crippen molar-refractivity contribution in [1.29, 1.82) is 0 Å². The fraction of sp³-hybridized carbons (Fsp3) is 0.321. The number of hydrogen-bond donors (Lipinski definition) is 1. The second-order valence-corrected chi connectivity index (χ2v) is 9.73. The topological polar surface area (TPSA) is 69.7 Å². The number of rotatable bonds is 7. The maximum absolute atomic E-state index is 13.6. The summed E-state index contributed by atoms with van der Waals surface area (Å²) in [5.74, 6) is -0.616. The van der Waals surface area contributed by atoms with Gasteiger partial charge in [-0.15, -0.1) is 11.3 Å². The number of benzene rings is 2. The maximum atomic E-state index is 13.6. The molecule has 0 aliphatic carbocycles. The van der Waals surface area contributed by atoms with Crippen molar-refractivity contribution in [1.82, 2.24) is 4.90 Å². The van der Waals surface area contributed by atoms with E-state index in [4.69, 9.17) is 0 Å². The monoisotopic (exact) mass is 489 g/mol. The van der Waals surface area contributed by atoms with Crippen LogP contribution in [0.5, 0.6) is 0 Å². The highest BCUT2D eigenvalue weighted by molar-refractivity contribution is 7.10. The van der Waals surface area contributed by atoms with E-state index in [1.165, 1.54) is 0 Å². The molecule has 6 nitrogen and oxygen atoms in total. The van der Waals surface area contributed by atoms with E-state index in [0.717, 1.165) is 16.1 Å². The lowest BCUT2D eigenvalue weighted by Gasteiger charge is -2.40. The van der Waals surface area contributed by atoms with Gasteiger partial charge in [0.25, 0.3) is 5.91 Å². The molecule has 7 heteroatoms. The van der Waals surface area contributed by atoms with Crippen molar-refractivity contribution in [2.24, 2.45) is 5.92 Å². The minimum absolute atomic E-state index is 0.0168. The van der Waals surface area contributed by atoms with Gasteiger partial charge < -0.3 is 15.1 Å². The van der Waals surface area contributed by atoms with Crippen LogP contribution in [0.15, 0.2) is 66.0 Å². The van der Waals surface area contributed by atoms with Crippen LogP contribution in [0.25, 0.3) is 0 Å². The zero-order valence-electron chi connectivity index (χ0n) is 20.4. The summed E-state index contributed by atoms with van der Waals surface area (Å²) in [4.78, 5) is 44.0. The normalized spacial score (nSPS) is 17.8. The van der Waals surface area contributed by atoms with E-state index in [2.05, 4.69) is 5.32 Å². The van der Waals surface area contributed by atoms with Crippen LogP contribution < -0.4 is 10.2 Å². The van der Waals surface area contributed by atoms with Gasteiger partial charge in [-0.1, -0.05) is 29.8 Å². The van der Waals surface area contributed by atoms with Gasteiger partial charge in [0.15, 0.2) is 0 Å². The third-order valence-electron chi connectivity index (χ3n) is 6.51. The Kier molecular flexibility index (Phi) is 7.66. The number of hydrogen-bond acceptors (Lipinski definition) is 4. The van der Waals surface area contributed by atoms with Crippen molar-refractivity contribution < 1.29 is 14.4 Å². The molecule has 0 spiro atoms. The van der Waals surface area contributed by atoms with E-state index in [-0.39, 0.29) is 23.8 Å². The molecule has 2 atom stereocenters. The maximum Gasteiger partial charge on any atom is 0.253 e. The minimum atomic E-state index is -0.421. The average Bonchev–Trinajstić information content (AvgIpc) is 3.40. The SMILES string of the molecule is CCN(CC)C(=O)c1cccc(NC(=O)C2CCC(=O)N(c3ccc(C)cc3)C2c2cccs2)c1. The molecule has 4 rings (SSSR count). The van der Waals surface area contributed by atoms with E-state index in [1.54, 1.807) is 45.4 Å². The molecule has 0 radical (unpaired) electrons. The average molecular weight is 490 g/mol. The Morgan fingerprint density at radius 1 is 1.06 bits per heavy atom. The fourth-order valence-corrected chi connectivity index (χ4v) is 5.50. The smallest absolute Gasteiger partial charge is 0.253 e. The number of piperidine rings is 1. The highest BCUT2D eigenvalue weighted by Gasteiger charge is 2.42. The molecule has 1 aliphatic rings. The first-order chi connectivity index (χ1) is 16.9. The highest BCUT2D eigenvalue weighted by Crippen LogP contribution is 2.42. The summed E-state index contributed by atoms with van der Waals surface area (Å²) >= 11 is 1.55. The Balaban J connectivity index is 1.62. The first-order valence-electron chi connectivity index (χ1n) is 12.0. The Labute approximate surface area is 210 Å². The number of aryl methyl sites for hydroxylation is 1. The summed E-state index contributed by atoms with van der Waals surface area (Å²) in [7, 11) is 0. The molecule has 35 heavy (non-hydrogen) atoms. The number of thiophene rings is 1. The molecule has 1 aromatic heterocycles. The number of carbonyl (C=O) groups is 3. The highest BCUT2D eigenvalue weighted by atomic mass is 32.1. The van der Waals surface area contributed by atoms with E-state index in [1.807, 2.05) is 62.5 Å². The summed E-state index contributed by atoms with van der Waals surface area (Å²) in [6, 6.07) is 18.5. The summed E-state index contributed by atoms with van der Waals surface area (Å²) in [5.41, 5.74) is 3.03. The van der Waals surface area contributed by atoms with Crippen LogP contribution in [0.1, 0.15) is 53.5 Å². The van der Waals surface area contributed by atoms with E-state index in [9.17, 15) is 14.4 Å². The molecule has 0 saturated carbocycles. The van der Waals surface area contributed by atoms with Crippen molar-refractivity contribution in [2.45, 2.75) is 39.7 Å². The summed E-state index contributed by atoms with van der Waals surface area (Å²) in [6.45, 7) is 7.15. The largest absolute Gasteiger partial charge is 0.339 e. The van der Waals surface area contributed by atoms with Crippen LogP contribution >= 0.6 is 11.3 Å². The van der Waals surface area contributed by atoms with Gasteiger partial charge in [-0.3, -0.25) is 14.4 Å². The zero-order chi connectivity index (χ0) is 24.9. The van der Waals surface area contributed by atoms with Crippen LogP contribution in [0, 0.1) is 12.8 Å². The standard InChI is InChI=1S/C28H31N3O3S/c1-4-30(5-2)28(34)20-8-6-9-21(18-20)29-27(33)23-15-16-25(32)31(22-13-11-19(3)12-14-22)26(23)24-10-7-17-35-24/h6-14,17-18,23,26H,4-5,15-16H2,1-3H3,(H,29,33). The van der Waals surface area contributed by atoms with Gasteiger partial charge >= 0.3 is 0 Å². The predicted octanol–water partition coefficient (Wildman–Crippen LogP) is 5.66. The van der Waals surface area contributed by atoms with Gasteiger partial charge in [0.05, 0.1) is 12.0 Å². The Hall–Kier alpha value is -3.45. The van der Waals surface area contributed by atoms with Gasteiger partial charge in [0, 0.05) is 41.3 Å². The van der Waals surface area contributed by atoms with Gasteiger partial charge in [-0.05, 0) is 69.0 Å². The molecule has 1 fully saturated rings. The molecule has 2 unspecified atom stereocenters. The number of carbonyl (C=O) groups excluding carboxylic acids is 3. The van der Waals surface area contributed by atoms with Crippen LogP contribution in [0.4, 0.5) is 11.4 Å². The van der Waals surface area contributed by atoms with E-state index in [0.29, 0.717) is 37.2 Å². The molecule has 1 aliphatic heterocycles. The number of anilines is 2. The molecule has 1 saturated heterocycles. The lowest BCUT2D eigenvalue weighted by atomic mass is 9.86. The van der Waals surface area contributed by atoms with E-state index < -0.39 is 5.92 Å². The Morgan fingerprint density at radius 3 is 2.46 bits per heavy atom. The second-order valence-electron chi connectivity index (χ2n) is 8.75. The number of amides is 3. The second kappa shape index (κ2) is 10.9. The number of nitrogens with one attached hydrogen (secondary N) is 1. The van der Waals surface area contributed by atoms with Crippen LogP contribution in [-0.4, -0.2) is 35.7 Å². The number of nitrogens with zero attached hydrogens (tertiary/aromatic N) is 2. The van der Waals surface area contributed by atoms with Crippen LogP contribution in [-0.2, 0) is 9.59 Å². The van der Waals surface area contributed by atoms with Crippen LogP contribution in [0.2, 0.25) is 0 Å². The molecule has 1 N–H and O–H groups in total. The molecule has 182 valence electrons. The first kappa shape index (κ1) is 24.7. The first-order valence-corrected chi connectivity index (χ1v) is 12.9. The quantitative estimate of drug-likeness (QED) is 0.465. The van der Waals surface area contributed by atoms with Gasteiger partial charge in [-0.2, -0.15) is 0 Å². The predicted molar refractivity (Wildman–Crippen MR) is 141 cm³/mol. The molecule has 3 aromatic rings. The Morgan fingerprint density at radius 2 is 1.80 bits per heavy atom. The van der Waals surface area contributed by atoms with Gasteiger partial charge in [0.1, 0.15) is 0 Å². The minimum Gasteiger partial charge on any atom is -0.339 e.